The number of nitrogens with zero attached hydrogens (tertiary/aromatic N) is 2. The van der Waals surface area contributed by atoms with Crippen LogP contribution in [-0.2, 0) is 10.0 Å². The molecule has 1 heterocycles. The molecule has 0 spiro atoms. The van der Waals surface area contributed by atoms with Gasteiger partial charge in [-0.05, 0) is 36.4 Å². The van der Waals surface area contributed by atoms with Crippen LogP contribution >= 0.6 is 0 Å². The molecule has 7 heteroatoms. The fourth-order valence-electron chi connectivity index (χ4n) is 2.31. The lowest BCUT2D eigenvalue weighted by Gasteiger charge is -2.12. The number of anilines is 2. The van der Waals surface area contributed by atoms with E-state index in [1.54, 1.807) is 12.1 Å². The van der Waals surface area contributed by atoms with Crippen molar-refractivity contribution in [3.8, 4) is 0 Å². The van der Waals surface area contributed by atoms with Crippen molar-refractivity contribution in [1.82, 2.24) is 9.97 Å². The molecule has 3 N–H and O–H groups in total. The van der Waals surface area contributed by atoms with Crippen molar-refractivity contribution in [2.45, 2.75) is 24.7 Å². The normalized spacial score (nSPS) is 11.8. The van der Waals surface area contributed by atoms with E-state index in [4.69, 9.17) is 5.14 Å². The first-order valence-corrected chi connectivity index (χ1v) is 9.06. The molecule has 0 amide bonds. The van der Waals surface area contributed by atoms with Crippen molar-refractivity contribution < 1.29 is 8.42 Å². The first kappa shape index (κ1) is 16.4. The van der Waals surface area contributed by atoms with Crippen molar-refractivity contribution in [2.24, 2.45) is 5.14 Å². The number of nitrogens with two attached hydrogens (primary N) is 1. The fourth-order valence-corrected chi connectivity index (χ4v) is 2.83. The van der Waals surface area contributed by atoms with E-state index in [0.717, 1.165) is 22.4 Å². The summed E-state index contributed by atoms with van der Waals surface area (Å²) in [5.41, 5.74) is 1.58. The number of nitrogens with one attached hydrogen (secondary N) is 1. The van der Waals surface area contributed by atoms with Crippen molar-refractivity contribution in [1.29, 1.82) is 0 Å². The second kappa shape index (κ2) is 6.18. The second-order valence-electron chi connectivity index (χ2n) is 5.80. The van der Waals surface area contributed by atoms with Crippen LogP contribution in [0.15, 0.2) is 53.4 Å². The third kappa shape index (κ3) is 3.37. The molecule has 0 aliphatic carbocycles. The summed E-state index contributed by atoms with van der Waals surface area (Å²) in [5.74, 6) is 1.63. The largest absolute Gasteiger partial charge is 0.340 e. The highest BCUT2D eigenvalue weighted by molar-refractivity contribution is 7.89. The molecule has 0 saturated carbocycles. The first-order chi connectivity index (χ1) is 11.3. The van der Waals surface area contributed by atoms with Gasteiger partial charge in [0.25, 0.3) is 0 Å². The number of aromatic nitrogens is 2. The molecule has 0 aliphatic heterocycles. The topological polar surface area (TPSA) is 98.0 Å². The Kier molecular flexibility index (Phi) is 4.21. The summed E-state index contributed by atoms with van der Waals surface area (Å²) in [6.45, 7) is 4.07. The van der Waals surface area contributed by atoms with Crippen molar-refractivity contribution in [2.75, 3.05) is 5.32 Å². The van der Waals surface area contributed by atoms with Gasteiger partial charge in [0.05, 0.1) is 10.4 Å². The lowest BCUT2D eigenvalue weighted by atomic mass is 10.1. The molecular weight excluding hydrogens is 324 g/mol. The predicted molar refractivity (Wildman–Crippen MR) is 94.7 cm³/mol. The van der Waals surface area contributed by atoms with Crippen LogP contribution in [0.25, 0.3) is 10.9 Å². The minimum absolute atomic E-state index is 0.0727. The van der Waals surface area contributed by atoms with Gasteiger partial charge in [-0.2, -0.15) is 0 Å². The van der Waals surface area contributed by atoms with Gasteiger partial charge in [0.2, 0.25) is 10.0 Å². The highest BCUT2D eigenvalue weighted by Crippen LogP contribution is 2.26. The molecule has 3 rings (SSSR count). The van der Waals surface area contributed by atoms with Gasteiger partial charge >= 0.3 is 0 Å². The first-order valence-electron chi connectivity index (χ1n) is 7.51. The SMILES string of the molecule is CC(C)c1nc(Nc2ccc(S(N)(=O)=O)cc2)c2ccccc2n1. The van der Waals surface area contributed by atoms with Crippen molar-refractivity contribution in [3.63, 3.8) is 0 Å². The number of fused-ring (bicyclic) bond motifs is 1. The minimum Gasteiger partial charge on any atom is -0.340 e. The molecule has 24 heavy (non-hydrogen) atoms. The van der Waals surface area contributed by atoms with Crippen LogP contribution in [0.4, 0.5) is 11.5 Å². The van der Waals surface area contributed by atoms with Crippen LogP contribution in [0.5, 0.6) is 0 Å². The Morgan fingerprint density at radius 1 is 1.00 bits per heavy atom. The number of rotatable bonds is 4. The van der Waals surface area contributed by atoms with Gasteiger partial charge in [0.15, 0.2) is 0 Å². The Morgan fingerprint density at radius 3 is 2.29 bits per heavy atom. The van der Waals surface area contributed by atoms with Gasteiger partial charge in [-0.25, -0.2) is 23.5 Å². The zero-order chi connectivity index (χ0) is 17.3. The van der Waals surface area contributed by atoms with E-state index in [2.05, 4.69) is 15.3 Å². The Hall–Kier alpha value is -2.51. The lowest BCUT2D eigenvalue weighted by molar-refractivity contribution is 0.598. The molecule has 3 aromatic rings. The summed E-state index contributed by atoms with van der Waals surface area (Å²) >= 11 is 0. The maximum absolute atomic E-state index is 11.3. The fraction of sp³-hybridized carbons (Fsp3) is 0.176. The van der Waals surface area contributed by atoms with Crippen LogP contribution in [0.2, 0.25) is 0 Å². The van der Waals surface area contributed by atoms with Crippen LogP contribution in [-0.4, -0.2) is 18.4 Å². The Morgan fingerprint density at radius 2 is 1.67 bits per heavy atom. The minimum atomic E-state index is -3.70. The maximum Gasteiger partial charge on any atom is 0.238 e. The summed E-state index contributed by atoms with van der Waals surface area (Å²) in [5, 5.41) is 9.25. The molecular formula is C17H18N4O2S. The van der Waals surface area contributed by atoms with E-state index in [9.17, 15) is 8.42 Å². The molecule has 0 saturated heterocycles. The average Bonchev–Trinajstić information content (AvgIpc) is 2.54. The molecule has 0 bridgehead atoms. The number of primary sulfonamides is 1. The highest BCUT2D eigenvalue weighted by Gasteiger charge is 2.11. The molecule has 6 nitrogen and oxygen atoms in total. The van der Waals surface area contributed by atoms with Crippen molar-refractivity contribution >= 4 is 32.4 Å². The Balaban J connectivity index is 2.03. The summed E-state index contributed by atoms with van der Waals surface area (Å²) in [4.78, 5) is 9.25. The van der Waals surface area contributed by atoms with Gasteiger partial charge < -0.3 is 5.32 Å². The Labute approximate surface area is 140 Å². The van der Waals surface area contributed by atoms with Crippen LogP contribution in [0, 0.1) is 0 Å². The highest BCUT2D eigenvalue weighted by atomic mass is 32.2. The van der Waals surface area contributed by atoms with Gasteiger partial charge in [-0.15, -0.1) is 0 Å². The quantitative estimate of drug-likeness (QED) is 0.759. The lowest BCUT2D eigenvalue weighted by Crippen LogP contribution is -2.11. The number of para-hydroxylation sites is 1. The molecule has 0 aliphatic rings. The molecule has 0 atom stereocenters. The Bertz CT molecular complexity index is 983. The van der Waals surface area contributed by atoms with Gasteiger partial charge in [0, 0.05) is 17.0 Å². The third-order valence-corrected chi connectivity index (χ3v) is 4.51. The standard InChI is InChI=1S/C17H18N4O2S/c1-11(2)16-20-15-6-4-3-5-14(15)17(21-16)19-12-7-9-13(10-8-12)24(18,22)23/h3-11H,1-2H3,(H2,18,22,23)(H,19,20,21). The van der Waals surface area contributed by atoms with Gasteiger partial charge in [-0.1, -0.05) is 26.0 Å². The average molecular weight is 342 g/mol. The smallest absolute Gasteiger partial charge is 0.238 e. The summed E-state index contributed by atoms with van der Waals surface area (Å²) in [7, 11) is -3.70. The summed E-state index contributed by atoms with van der Waals surface area (Å²) < 4.78 is 22.7. The number of hydrogen-bond acceptors (Lipinski definition) is 5. The maximum atomic E-state index is 11.3. The molecule has 0 fully saturated rings. The van der Waals surface area contributed by atoms with Gasteiger partial charge in [0.1, 0.15) is 11.6 Å². The zero-order valence-electron chi connectivity index (χ0n) is 13.4. The summed E-state index contributed by atoms with van der Waals surface area (Å²) in [6, 6.07) is 14.0. The van der Waals surface area contributed by atoms with E-state index in [-0.39, 0.29) is 10.8 Å². The second-order valence-corrected chi connectivity index (χ2v) is 7.36. The number of hydrogen-bond donors (Lipinski definition) is 2. The van der Waals surface area contributed by atoms with Crippen LogP contribution < -0.4 is 10.5 Å². The van der Waals surface area contributed by atoms with E-state index in [1.165, 1.54) is 12.1 Å². The number of benzene rings is 2. The van der Waals surface area contributed by atoms with E-state index >= 15 is 0 Å². The predicted octanol–water partition coefficient (Wildman–Crippen LogP) is 3.14. The molecule has 0 unspecified atom stereocenters. The molecule has 1 aromatic heterocycles. The van der Waals surface area contributed by atoms with Crippen LogP contribution in [0.3, 0.4) is 0 Å². The third-order valence-electron chi connectivity index (χ3n) is 3.58. The van der Waals surface area contributed by atoms with E-state index < -0.39 is 10.0 Å². The molecule has 124 valence electrons. The van der Waals surface area contributed by atoms with E-state index in [1.807, 2.05) is 38.1 Å². The molecule has 0 radical (unpaired) electrons. The molecule has 2 aromatic carbocycles. The van der Waals surface area contributed by atoms with Crippen molar-refractivity contribution in [3.05, 3.63) is 54.4 Å². The number of sulfonamides is 1. The van der Waals surface area contributed by atoms with Gasteiger partial charge in [-0.3, -0.25) is 0 Å². The van der Waals surface area contributed by atoms with Crippen LogP contribution in [0.1, 0.15) is 25.6 Å². The summed E-state index contributed by atoms with van der Waals surface area (Å²) in [6.07, 6.45) is 0. The zero-order valence-corrected chi connectivity index (χ0v) is 14.2. The van der Waals surface area contributed by atoms with E-state index in [0.29, 0.717) is 5.82 Å². The monoisotopic (exact) mass is 342 g/mol.